The quantitative estimate of drug-likeness (QED) is 0.300. The molecule has 27 heavy (non-hydrogen) atoms. The molecule has 0 saturated carbocycles. The molecule has 0 radical (unpaired) electrons. The zero-order chi connectivity index (χ0) is 20.2. The van der Waals surface area contributed by atoms with Crippen molar-refractivity contribution in [2.75, 3.05) is 5.32 Å². The minimum atomic E-state index is -1.93. The van der Waals surface area contributed by atoms with Crippen molar-refractivity contribution in [3.8, 4) is 0 Å². The van der Waals surface area contributed by atoms with Gasteiger partial charge in [-0.3, -0.25) is 4.79 Å². The van der Waals surface area contributed by atoms with Gasteiger partial charge >= 0.3 is 0 Å². The molecule has 0 bridgehead atoms. The number of rotatable bonds is 4. The standard InChI is InChI=1S/C16H11Cl5FN3OS/c17-11-6-5-10(7-12(11)18)23-15(27)25-14(16(19,20)21)24-13(26)8-1-3-9(22)4-2-8/h1-7,14H,(H,24,26)(H2,23,25,27). The van der Waals surface area contributed by atoms with Crippen LogP contribution in [0.1, 0.15) is 10.4 Å². The SMILES string of the molecule is O=C(NC(NC(=S)Nc1ccc(Cl)c(Cl)c1)C(Cl)(Cl)Cl)c1ccc(F)cc1. The van der Waals surface area contributed by atoms with Gasteiger partial charge in [0.25, 0.3) is 5.91 Å². The molecular formula is C16H11Cl5FN3OS. The number of carbonyl (C=O) groups is 1. The summed E-state index contributed by atoms with van der Waals surface area (Å²) < 4.78 is 11.1. The Hall–Kier alpha value is -1.02. The molecule has 2 aromatic carbocycles. The highest BCUT2D eigenvalue weighted by Gasteiger charge is 2.34. The molecule has 1 unspecified atom stereocenters. The second kappa shape index (κ2) is 9.45. The summed E-state index contributed by atoms with van der Waals surface area (Å²) >= 11 is 34.7. The minimum absolute atomic E-state index is 0.0594. The molecule has 2 rings (SSSR count). The van der Waals surface area contributed by atoms with Crippen LogP contribution in [0.25, 0.3) is 0 Å². The summed E-state index contributed by atoms with van der Waals surface area (Å²) in [5.74, 6) is -1.06. The van der Waals surface area contributed by atoms with Gasteiger partial charge in [-0.25, -0.2) is 4.39 Å². The van der Waals surface area contributed by atoms with Crippen molar-refractivity contribution in [3.63, 3.8) is 0 Å². The summed E-state index contributed by atoms with van der Waals surface area (Å²) in [6.07, 6.45) is -1.18. The second-order valence-electron chi connectivity index (χ2n) is 5.18. The molecule has 0 aliphatic carbocycles. The van der Waals surface area contributed by atoms with E-state index in [9.17, 15) is 9.18 Å². The van der Waals surface area contributed by atoms with Crippen molar-refractivity contribution in [1.29, 1.82) is 0 Å². The number of alkyl halides is 3. The van der Waals surface area contributed by atoms with E-state index in [0.717, 1.165) is 12.1 Å². The van der Waals surface area contributed by atoms with Gasteiger partial charge in [0, 0.05) is 11.3 Å². The molecule has 0 aliphatic heterocycles. The Morgan fingerprint density at radius 3 is 2.19 bits per heavy atom. The fourth-order valence-corrected chi connectivity index (χ4v) is 2.75. The number of hydrogen-bond acceptors (Lipinski definition) is 2. The molecule has 0 fully saturated rings. The summed E-state index contributed by atoms with van der Waals surface area (Å²) in [5, 5.41) is 8.78. The Balaban J connectivity index is 2.07. The first-order valence-corrected chi connectivity index (χ1v) is 9.52. The normalized spacial score (nSPS) is 12.2. The molecule has 144 valence electrons. The van der Waals surface area contributed by atoms with Crippen molar-refractivity contribution < 1.29 is 9.18 Å². The number of thiocarbonyl (C=S) groups is 1. The van der Waals surface area contributed by atoms with Crippen molar-refractivity contribution in [2.24, 2.45) is 0 Å². The average molecular weight is 490 g/mol. The van der Waals surface area contributed by atoms with Gasteiger partial charge in [-0.2, -0.15) is 0 Å². The van der Waals surface area contributed by atoms with Gasteiger partial charge in [0.15, 0.2) is 5.11 Å². The molecule has 4 nitrogen and oxygen atoms in total. The van der Waals surface area contributed by atoms with Crippen LogP contribution in [0.2, 0.25) is 10.0 Å². The largest absolute Gasteiger partial charge is 0.339 e. The number of halogens is 6. The van der Waals surface area contributed by atoms with E-state index in [1.54, 1.807) is 18.2 Å². The van der Waals surface area contributed by atoms with Crippen molar-refractivity contribution >= 4 is 86.9 Å². The van der Waals surface area contributed by atoms with E-state index >= 15 is 0 Å². The lowest BCUT2D eigenvalue weighted by atomic mass is 10.2. The third-order valence-electron chi connectivity index (χ3n) is 3.16. The molecule has 0 aromatic heterocycles. The Morgan fingerprint density at radius 2 is 1.63 bits per heavy atom. The van der Waals surface area contributed by atoms with E-state index in [1.807, 2.05) is 0 Å². The van der Waals surface area contributed by atoms with Crippen molar-refractivity contribution in [2.45, 2.75) is 9.96 Å². The van der Waals surface area contributed by atoms with Gasteiger partial charge in [0.05, 0.1) is 10.0 Å². The predicted octanol–water partition coefficient (Wildman–Crippen LogP) is 5.55. The van der Waals surface area contributed by atoms with Crippen LogP contribution < -0.4 is 16.0 Å². The third-order valence-corrected chi connectivity index (χ3v) is 4.78. The molecule has 0 spiro atoms. The maximum atomic E-state index is 13.0. The van der Waals surface area contributed by atoms with Crippen LogP contribution in [0.4, 0.5) is 10.1 Å². The molecule has 0 aliphatic rings. The number of carbonyl (C=O) groups excluding carboxylic acids is 1. The topological polar surface area (TPSA) is 53.2 Å². The van der Waals surface area contributed by atoms with E-state index in [0.29, 0.717) is 15.7 Å². The average Bonchev–Trinajstić information content (AvgIpc) is 2.57. The summed E-state index contributed by atoms with van der Waals surface area (Å²) in [6.45, 7) is 0. The highest BCUT2D eigenvalue weighted by atomic mass is 35.6. The Labute approximate surface area is 185 Å². The number of benzene rings is 2. The molecule has 11 heteroatoms. The Kier molecular flexibility index (Phi) is 7.80. The summed E-state index contributed by atoms with van der Waals surface area (Å²) in [6, 6.07) is 9.66. The zero-order valence-corrected chi connectivity index (χ0v) is 17.8. The molecule has 2 aromatic rings. The number of nitrogens with one attached hydrogen (secondary N) is 3. The van der Waals surface area contributed by atoms with Crippen LogP contribution in [-0.4, -0.2) is 21.0 Å². The summed E-state index contributed by atoms with van der Waals surface area (Å²) in [4.78, 5) is 12.3. The lowest BCUT2D eigenvalue weighted by Gasteiger charge is -2.27. The first kappa shape index (κ1) is 22.3. The maximum absolute atomic E-state index is 13.0. The van der Waals surface area contributed by atoms with Gasteiger partial charge in [-0.05, 0) is 54.7 Å². The third kappa shape index (κ3) is 6.82. The lowest BCUT2D eigenvalue weighted by molar-refractivity contribution is 0.0934. The van der Waals surface area contributed by atoms with Gasteiger partial charge in [0.1, 0.15) is 12.0 Å². The van der Waals surface area contributed by atoms with Crippen LogP contribution >= 0.6 is 70.2 Å². The molecule has 3 N–H and O–H groups in total. The van der Waals surface area contributed by atoms with E-state index in [1.165, 1.54) is 12.1 Å². The lowest BCUT2D eigenvalue weighted by Crippen LogP contribution is -2.56. The van der Waals surface area contributed by atoms with Crippen LogP contribution in [0.3, 0.4) is 0 Å². The number of amides is 1. The van der Waals surface area contributed by atoms with E-state index in [2.05, 4.69) is 16.0 Å². The smallest absolute Gasteiger partial charge is 0.252 e. The number of anilines is 1. The molecule has 0 saturated heterocycles. The van der Waals surface area contributed by atoms with E-state index in [-0.39, 0.29) is 10.7 Å². The zero-order valence-electron chi connectivity index (χ0n) is 13.2. The molecule has 1 atom stereocenters. The van der Waals surface area contributed by atoms with Crippen LogP contribution in [0.15, 0.2) is 42.5 Å². The van der Waals surface area contributed by atoms with Crippen LogP contribution in [0.5, 0.6) is 0 Å². The fraction of sp³-hybridized carbons (Fsp3) is 0.125. The van der Waals surface area contributed by atoms with Crippen LogP contribution in [0, 0.1) is 5.82 Å². The number of hydrogen-bond donors (Lipinski definition) is 3. The Bertz CT molecular complexity index is 845. The first-order valence-electron chi connectivity index (χ1n) is 7.22. The van der Waals surface area contributed by atoms with E-state index in [4.69, 9.17) is 70.2 Å². The van der Waals surface area contributed by atoms with Crippen molar-refractivity contribution in [3.05, 3.63) is 63.9 Å². The van der Waals surface area contributed by atoms with E-state index < -0.39 is 21.7 Å². The molecular weight excluding hydrogens is 479 g/mol. The Morgan fingerprint density at radius 1 is 1.00 bits per heavy atom. The molecule has 0 heterocycles. The summed E-state index contributed by atoms with van der Waals surface area (Å²) in [7, 11) is 0. The van der Waals surface area contributed by atoms with Gasteiger partial charge in [-0.15, -0.1) is 0 Å². The van der Waals surface area contributed by atoms with Crippen LogP contribution in [-0.2, 0) is 0 Å². The maximum Gasteiger partial charge on any atom is 0.252 e. The molecule has 1 amide bonds. The van der Waals surface area contributed by atoms with Gasteiger partial charge < -0.3 is 16.0 Å². The first-order chi connectivity index (χ1) is 12.6. The fourth-order valence-electron chi connectivity index (χ4n) is 1.89. The second-order valence-corrected chi connectivity index (χ2v) is 8.77. The van der Waals surface area contributed by atoms with Crippen molar-refractivity contribution in [1.82, 2.24) is 10.6 Å². The highest BCUT2D eigenvalue weighted by molar-refractivity contribution is 7.80. The van der Waals surface area contributed by atoms with Gasteiger partial charge in [0.2, 0.25) is 3.79 Å². The minimum Gasteiger partial charge on any atom is -0.339 e. The summed E-state index contributed by atoms with van der Waals surface area (Å²) in [5.41, 5.74) is 0.718. The van der Waals surface area contributed by atoms with Gasteiger partial charge in [-0.1, -0.05) is 58.0 Å². The monoisotopic (exact) mass is 487 g/mol. The predicted molar refractivity (Wildman–Crippen MR) is 114 cm³/mol. The highest BCUT2D eigenvalue weighted by Crippen LogP contribution is 2.29.